The van der Waals surface area contributed by atoms with Crippen molar-refractivity contribution in [3.05, 3.63) is 0 Å². The number of aliphatic carboxylic acids is 1. The normalized spacial score (nSPS) is 32.6. The van der Waals surface area contributed by atoms with Gasteiger partial charge in [0.25, 0.3) is 0 Å². The fourth-order valence-corrected chi connectivity index (χ4v) is 3.40. The summed E-state index contributed by atoms with van der Waals surface area (Å²) in [6.07, 6.45) is 5.44. The van der Waals surface area contributed by atoms with E-state index in [1.807, 2.05) is 6.92 Å². The Labute approximate surface area is 120 Å². The summed E-state index contributed by atoms with van der Waals surface area (Å²) in [4.78, 5) is 22.9. The molecule has 5 nitrogen and oxygen atoms in total. The Morgan fingerprint density at radius 1 is 1.30 bits per heavy atom. The van der Waals surface area contributed by atoms with Crippen LogP contribution in [0.1, 0.15) is 45.4 Å². The highest BCUT2D eigenvalue weighted by Crippen LogP contribution is 2.33. The molecule has 0 spiro atoms. The minimum atomic E-state index is -0.722. The number of ether oxygens (including phenoxy) is 1. The number of carbonyl (C=O) groups excluding carboxylic acids is 1. The Kier molecular flexibility index (Phi) is 5.40. The van der Waals surface area contributed by atoms with E-state index < -0.39 is 5.97 Å². The molecule has 0 heterocycles. The zero-order chi connectivity index (χ0) is 14.5. The van der Waals surface area contributed by atoms with Gasteiger partial charge >= 0.3 is 5.97 Å². The van der Waals surface area contributed by atoms with Gasteiger partial charge in [-0.1, -0.05) is 6.42 Å². The van der Waals surface area contributed by atoms with Gasteiger partial charge in [-0.2, -0.15) is 0 Å². The molecular weight excluding hydrogens is 258 g/mol. The number of amides is 1. The topological polar surface area (TPSA) is 75.6 Å². The fourth-order valence-electron chi connectivity index (χ4n) is 3.40. The second-order valence-corrected chi connectivity index (χ2v) is 6.06. The summed E-state index contributed by atoms with van der Waals surface area (Å²) in [6, 6.07) is 0. The lowest BCUT2D eigenvalue weighted by Gasteiger charge is -2.34. The summed E-state index contributed by atoms with van der Waals surface area (Å²) in [5.74, 6) is -0.401. The maximum Gasteiger partial charge on any atom is 0.306 e. The van der Waals surface area contributed by atoms with Gasteiger partial charge < -0.3 is 15.2 Å². The lowest BCUT2D eigenvalue weighted by Crippen LogP contribution is -2.38. The summed E-state index contributed by atoms with van der Waals surface area (Å²) in [7, 11) is 0. The predicted octanol–water partition coefficient (Wildman–Crippen LogP) is 1.81. The summed E-state index contributed by atoms with van der Waals surface area (Å²) in [5, 5.41) is 12.0. The third-order valence-corrected chi connectivity index (χ3v) is 4.61. The van der Waals surface area contributed by atoms with E-state index in [-0.39, 0.29) is 17.7 Å². The maximum absolute atomic E-state index is 11.8. The summed E-state index contributed by atoms with van der Waals surface area (Å²) < 4.78 is 5.47. The van der Waals surface area contributed by atoms with Crippen LogP contribution in [0.5, 0.6) is 0 Å². The Bertz CT molecular complexity index is 352. The third kappa shape index (κ3) is 3.95. The van der Waals surface area contributed by atoms with Crippen LogP contribution in [-0.4, -0.2) is 36.2 Å². The van der Waals surface area contributed by atoms with E-state index in [1.165, 1.54) is 0 Å². The van der Waals surface area contributed by atoms with Crippen molar-refractivity contribution < 1.29 is 19.4 Å². The van der Waals surface area contributed by atoms with Gasteiger partial charge in [0.1, 0.15) is 0 Å². The molecule has 0 bridgehead atoms. The van der Waals surface area contributed by atoms with Gasteiger partial charge in [0.2, 0.25) is 5.91 Å². The van der Waals surface area contributed by atoms with Crippen molar-refractivity contribution in [2.45, 2.75) is 51.6 Å². The Morgan fingerprint density at radius 3 is 2.70 bits per heavy atom. The number of hydrogen-bond donors (Lipinski definition) is 2. The standard InChI is InChI=1S/C15H25NO4/c1-2-20-12-6-10(7-12)8-14(17)16-9-11-4-3-5-13(11)15(18)19/h10-13H,2-9H2,1H3,(H,16,17)(H,18,19). The number of hydrogen-bond acceptors (Lipinski definition) is 3. The van der Waals surface area contributed by atoms with Crippen molar-refractivity contribution in [3.8, 4) is 0 Å². The van der Waals surface area contributed by atoms with Gasteiger partial charge in [-0.15, -0.1) is 0 Å². The first-order chi connectivity index (χ1) is 9.60. The molecular formula is C15H25NO4. The summed E-state index contributed by atoms with van der Waals surface area (Å²) in [6.45, 7) is 3.24. The zero-order valence-electron chi connectivity index (χ0n) is 12.1. The number of rotatable bonds is 7. The van der Waals surface area contributed by atoms with E-state index >= 15 is 0 Å². The second kappa shape index (κ2) is 7.07. The highest BCUT2D eigenvalue weighted by Gasteiger charge is 2.34. The molecule has 0 aromatic heterocycles. The third-order valence-electron chi connectivity index (χ3n) is 4.61. The fraction of sp³-hybridized carbons (Fsp3) is 0.867. The molecule has 0 radical (unpaired) electrons. The predicted molar refractivity (Wildman–Crippen MR) is 74.2 cm³/mol. The van der Waals surface area contributed by atoms with Gasteiger partial charge in [0, 0.05) is 19.6 Å². The van der Waals surface area contributed by atoms with Crippen LogP contribution in [0.4, 0.5) is 0 Å². The Balaban J connectivity index is 1.62. The molecule has 2 fully saturated rings. The summed E-state index contributed by atoms with van der Waals surface area (Å²) in [5.41, 5.74) is 0. The molecule has 0 saturated heterocycles. The van der Waals surface area contributed by atoms with Crippen LogP contribution in [0.2, 0.25) is 0 Å². The number of nitrogens with one attached hydrogen (secondary N) is 1. The van der Waals surface area contributed by atoms with E-state index in [2.05, 4.69) is 5.32 Å². The molecule has 20 heavy (non-hydrogen) atoms. The van der Waals surface area contributed by atoms with Crippen LogP contribution < -0.4 is 5.32 Å². The van der Waals surface area contributed by atoms with Crippen molar-refractivity contribution in [1.29, 1.82) is 0 Å². The number of carbonyl (C=O) groups is 2. The minimum Gasteiger partial charge on any atom is -0.481 e. The molecule has 2 aliphatic carbocycles. The monoisotopic (exact) mass is 283 g/mol. The van der Waals surface area contributed by atoms with Gasteiger partial charge in [-0.3, -0.25) is 9.59 Å². The van der Waals surface area contributed by atoms with Crippen molar-refractivity contribution >= 4 is 11.9 Å². The van der Waals surface area contributed by atoms with E-state index in [1.54, 1.807) is 0 Å². The number of carboxylic acids is 1. The first-order valence-electron chi connectivity index (χ1n) is 7.71. The van der Waals surface area contributed by atoms with Gasteiger partial charge in [0.15, 0.2) is 0 Å². The van der Waals surface area contributed by atoms with Crippen LogP contribution in [0.25, 0.3) is 0 Å². The molecule has 2 saturated carbocycles. The second-order valence-electron chi connectivity index (χ2n) is 6.06. The molecule has 0 aromatic carbocycles. The molecule has 0 aromatic rings. The molecule has 2 unspecified atom stereocenters. The molecule has 2 aliphatic rings. The van der Waals surface area contributed by atoms with Crippen LogP contribution in [0.3, 0.4) is 0 Å². The zero-order valence-corrected chi connectivity index (χ0v) is 12.1. The molecule has 2 rings (SSSR count). The number of carboxylic acid groups (broad SMARTS) is 1. The van der Waals surface area contributed by atoms with E-state index in [0.717, 1.165) is 38.7 Å². The molecule has 0 aliphatic heterocycles. The van der Waals surface area contributed by atoms with Crippen molar-refractivity contribution in [2.75, 3.05) is 13.2 Å². The van der Waals surface area contributed by atoms with Crippen molar-refractivity contribution in [3.63, 3.8) is 0 Å². The van der Waals surface area contributed by atoms with Gasteiger partial charge in [-0.05, 0) is 44.4 Å². The average Bonchev–Trinajstić information content (AvgIpc) is 2.82. The molecule has 114 valence electrons. The maximum atomic E-state index is 11.8. The summed E-state index contributed by atoms with van der Waals surface area (Å²) >= 11 is 0. The molecule has 2 N–H and O–H groups in total. The van der Waals surface area contributed by atoms with E-state index in [9.17, 15) is 9.59 Å². The van der Waals surface area contributed by atoms with Crippen molar-refractivity contribution in [1.82, 2.24) is 5.32 Å². The lowest BCUT2D eigenvalue weighted by atomic mass is 9.80. The van der Waals surface area contributed by atoms with E-state index in [4.69, 9.17) is 9.84 Å². The van der Waals surface area contributed by atoms with Crippen LogP contribution in [0.15, 0.2) is 0 Å². The molecule has 5 heteroatoms. The molecule has 2 atom stereocenters. The van der Waals surface area contributed by atoms with Gasteiger partial charge in [0.05, 0.1) is 12.0 Å². The van der Waals surface area contributed by atoms with Crippen LogP contribution >= 0.6 is 0 Å². The average molecular weight is 283 g/mol. The molecule has 1 amide bonds. The van der Waals surface area contributed by atoms with E-state index in [0.29, 0.717) is 25.0 Å². The lowest BCUT2D eigenvalue weighted by molar-refractivity contribution is -0.143. The minimum absolute atomic E-state index is 0.0565. The first-order valence-corrected chi connectivity index (χ1v) is 7.71. The Hall–Kier alpha value is -1.10. The smallest absolute Gasteiger partial charge is 0.306 e. The van der Waals surface area contributed by atoms with Crippen LogP contribution in [0, 0.1) is 17.8 Å². The quantitative estimate of drug-likeness (QED) is 0.747. The highest BCUT2D eigenvalue weighted by atomic mass is 16.5. The largest absolute Gasteiger partial charge is 0.481 e. The first kappa shape index (κ1) is 15.3. The van der Waals surface area contributed by atoms with Crippen LogP contribution in [-0.2, 0) is 14.3 Å². The van der Waals surface area contributed by atoms with Crippen molar-refractivity contribution in [2.24, 2.45) is 17.8 Å². The van der Waals surface area contributed by atoms with Gasteiger partial charge in [-0.25, -0.2) is 0 Å². The SMILES string of the molecule is CCOC1CC(CC(=O)NCC2CCCC2C(=O)O)C1. The Morgan fingerprint density at radius 2 is 2.05 bits per heavy atom. The highest BCUT2D eigenvalue weighted by molar-refractivity contribution is 5.76.